The van der Waals surface area contributed by atoms with E-state index in [2.05, 4.69) is 20.0 Å². The van der Waals surface area contributed by atoms with Crippen molar-refractivity contribution in [1.29, 1.82) is 0 Å². The van der Waals surface area contributed by atoms with Gasteiger partial charge in [-0.3, -0.25) is 19.4 Å². The Morgan fingerprint density at radius 3 is 2.72 bits per heavy atom. The van der Waals surface area contributed by atoms with Crippen LogP contribution in [0.15, 0.2) is 21.8 Å². The third-order valence-electron chi connectivity index (χ3n) is 6.00. The molecule has 0 bridgehead atoms. The quantitative estimate of drug-likeness (QED) is 0.183. The molecule has 0 spiro atoms. The molecule has 4 N–H and O–H groups in total. The molecule has 0 aromatic carbocycles. The summed E-state index contributed by atoms with van der Waals surface area (Å²) in [4.78, 5) is 51.4. The number of aliphatic carboxylic acids is 1. The number of carbonyl (C=O) groups excluding carboxylic acids is 2. The van der Waals surface area contributed by atoms with E-state index in [4.69, 9.17) is 10.6 Å². The first-order valence-corrected chi connectivity index (χ1v) is 13.5. The van der Waals surface area contributed by atoms with Gasteiger partial charge in [-0.2, -0.15) is 0 Å². The number of thiazole rings is 2. The molecule has 0 unspecified atom stereocenters. The van der Waals surface area contributed by atoms with Crippen molar-refractivity contribution in [3.63, 3.8) is 0 Å². The number of nitrogens with one attached hydrogen (secondary N) is 1. The highest BCUT2D eigenvalue weighted by Gasteiger charge is 2.54. The molecule has 12 nitrogen and oxygen atoms in total. The molecule has 2 aromatic heterocycles. The molecule has 0 radical (unpaired) electrons. The van der Waals surface area contributed by atoms with Crippen LogP contribution >= 0.6 is 34.4 Å². The predicted octanol–water partition coefficient (Wildman–Crippen LogP) is 0.454. The average Bonchev–Trinajstić information content (AvgIpc) is 3.38. The van der Waals surface area contributed by atoms with Crippen LogP contribution in [0.5, 0.6) is 0 Å². The normalized spacial score (nSPS) is 19.6. The van der Waals surface area contributed by atoms with Gasteiger partial charge in [-0.15, -0.1) is 23.1 Å². The number of nitrogens with zero attached hydrogens (tertiary/aromatic N) is 5. The van der Waals surface area contributed by atoms with Crippen LogP contribution < -0.4 is 20.5 Å². The van der Waals surface area contributed by atoms with Crippen molar-refractivity contribution in [1.82, 2.24) is 15.2 Å². The van der Waals surface area contributed by atoms with Gasteiger partial charge in [-0.25, -0.2) is 14.3 Å². The van der Waals surface area contributed by atoms with Gasteiger partial charge in [0, 0.05) is 16.7 Å². The summed E-state index contributed by atoms with van der Waals surface area (Å²) in [6.45, 7) is 4.43. The number of β-lactam (4-membered cyclic amide) rings is 1. The topological polar surface area (TPSA) is 154 Å². The fourth-order valence-corrected chi connectivity index (χ4v) is 6.99. The first kappa shape index (κ1) is 25.9. The highest BCUT2D eigenvalue weighted by molar-refractivity contribution is 8.00. The molecule has 2 amide bonds. The van der Waals surface area contributed by atoms with E-state index >= 15 is 0 Å². The second-order valence-electron chi connectivity index (χ2n) is 8.25. The van der Waals surface area contributed by atoms with Gasteiger partial charge in [0.05, 0.1) is 19.0 Å². The number of amides is 2. The molecule has 2 aliphatic heterocycles. The molecule has 2 aliphatic rings. The van der Waals surface area contributed by atoms with Gasteiger partial charge in [0.15, 0.2) is 10.8 Å². The van der Waals surface area contributed by atoms with Gasteiger partial charge < -0.3 is 21.0 Å². The van der Waals surface area contributed by atoms with E-state index in [9.17, 15) is 19.5 Å². The number of thioether (sulfide) groups is 1. The Labute approximate surface area is 219 Å². The van der Waals surface area contributed by atoms with E-state index in [1.165, 1.54) is 28.6 Å². The maximum Gasteiger partial charge on any atom is 0.352 e. The van der Waals surface area contributed by atoms with E-state index in [0.29, 0.717) is 17.9 Å². The van der Waals surface area contributed by atoms with Crippen LogP contribution in [0.25, 0.3) is 0 Å². The van der Waals surface area contributed by atoms with Crippen LogP contribution in [0.3, 0.4) is 0 Å². The fraction of sp³-hybridized carbons (Fsp3) is 0.429. The summed E-state index contributed by atoms with van der Waals surface area (Å²) in [7, 11) is 5.16. The van der Waals surface area contributed by atoms with Crippen LogP contribution in [-0.2, 0) is 26.3 Å². The van der Waals surface area contributed by atoms with Gasteiger partial charge in [0.2, 0.25) is 0 Å². The lowest BCUT2D eigenvalue weighted by Crippen LogP contribution is -2.71. The average molecular weight is 553 g/mol. The lowest BCUT2D eigenvalue weighted by molar-refractivity contribution is -0.660. The first-order valence-electron chi connectivity index (χ1n) is 10.8. The third kappa shape index (κ3) is 4.53. The Hall–Kier alpha value is -3.17. The maximum atomic E-state index is 13.1. The SMILES string of the molecule is CO/N=C(/C(=O)N[C@@H]1C(=O)N2C(C(=O)O)=C(CN(C)c3sc(C)c(C)[n+]3C)CS[C@H]12)c1csc(N)n1. The van der Waals surface area contributed by atoms with Gasteiger partial charge in [0.25, 0.3) is 11.8 Å². The Bertz CT molecular complexity index is 1300. The number of anilines is 2. The van der Waals surface area contributed by atoms with Crippen LogP contribution in [0.4, 0.5) is 10.3 Å². The number of aryl methyl sites for hydroxylation is 1. The second kappa shape index (κ2) is 10.1. The minimum atomic E-state index is -1.18. The Morgan fingerprint density at radius 2 is 2.17 bits per heavy atom. The van der Waals surface area contributed by atoms with Crippen molar-refractivity contribution in [2.75, 3.05) is 37.1 Å². The van der Waals surface area contributed by atoms with Crippen molar-refractivity contribution in [2.45, 2.75) is 25.3 Å². The van der Waals surface area contributed by atoms with E-state index in [1.807, 2.05) is 32.8 Å². The standard InChI is InChI=1S/C21H25N7O5S3/c1-9-10(2)36-21(27(9)4)26(3)6-11-7-34-18-14(17(30)28(18)15(11)19(31)32)24-16(29)13(25-33-5)12-8-35-20(22)23-12/h8,14,18H,6-7H2,1-5H3,(H3-,22,23,24,29,31,32)/p+1/b25-13+/t14-,18-/m1/s1. The number of carbonyl (C=O) groups is 3. The summed E-state index contributed by atoms with van der Waals surface area (Å²) in [5.74, 6) is -1.94. The zero-order valence-electron chi connectivity index (χ0n) is 20.3. The lowest BCUT2D eigenvalue weighted by atomic mass is 10.0. The maximum absolute atomic E-state index is 13.1. The number of hydrogen-bond acceptors (Lipinski definition) is 11. The fourth-order valence-electron chi connectivity index (χ4n) is 4.05. The molecule has 4 rings (SSSR count). The summed E-state index contributed by atoms with van der Waals surface area (Å²) in [5, 5.41) is 18.6. The van der Waals surface area contributed by atoms with Gasteiger partial charge >= 0.3 is 11.1 Å². The smallest absolute Gasteiger partial charge is 0.352 e. The molecule has 192 valence electrons. The zero-order valence-corrected chi connectivity index (χ0v) is 22.7. The molecular weight excluding hydrogens is 526 g/mol. The zero-order chi connectivity index (χ0) is 26.3. The molecule has 2 aromatic rings. The first-order chi connectivity index (χ1) is 17.0. The Kier molecular flexibility index (Phi) is 7.24. The highest BCUT2D eigenvalue weighted by atomic mass is 32.2. The van der Waals surface area contributed by atoms with Crippen molar-refractivity contribution in [2.24, 2.45) is 12.2 Å². The molecule has 4 heterocycles. The van der Waals surface area contributed by atoms with Gasteiger partial charge in [-0.1, -0.05) is 16.5 Å². The summed E-state index contributed by atoms with van der Waals surface area (Å²) in [6, 6.07) is -0.908. The van der Waals surface area contributed by atoms with Crippen molar-refractivity contribution >= 4 is 68.2 Å². The molecule has 15 heteroatoms. The third-order valence-corrected chi connectivity index (χ3v) is 9.38. The van der Waals surface area contributed by atoms with Crippen LogP contribution in [-0.4, -0.2) is 76.4 Å². The van der Waals surface area contributed by atoms with Gasteiger partial charge in [0.1, 0.15) is 42.2 Å². The number of fused-ring (bicyclic) bond motifs is 1. The number of likely N-dealkylation sites (N-methyl/N-ethyl adjacent to an activating group) is 1. The predicted molar refractivity (Wildman–Crippen MR) is 138 cm³/mol. The van der Waals surface area contributed by atoms with Crippen molar-refractivity contribution in [3.05, 3.63) is 32.9 Å². The number of oxime groups is 1. The molecule has 1 saturated heterocycles. The molecule has 0 aliphatic carbocycles. The van der Waals surface area contributed by atoms with E-state index in [-0.39, 0.29) is 22.2 Å². The number of hydrogen-bond donors (Lipinski definition) is 3. The van der Waals surface area contributed by atoms with Crippen LogP contribution in [0, 0.1) is 13.8 Å². The van der Waals surface area contributed by atoms with E-state index in [1.54, 1.807) is 16.7 Å². The number of carboxylic acid groups (broad SMARTS) is 1. The summed E-state index contributed by atoms with van der Waals surface area (Å²) < 4.78 is 2.06. The number of aromatic nitrogens is 2. The molecule has 36 heavy (non-hydrogen) atoms. The summed E-state index contributed by atoms with van der Waals surface area (Å²) in [6.07, 6.45) is 0. The number of rotatable bonds is 8. The minimum absolute atomic E-state index is 0.0354. The van der Waals surface area contributed by atoms with E-state index in [0.717, 1.165) is 22.2 Å². The van der Waals surface area contributed by atoms with E-state index < -0.39 is 29.2 Å². The van der Waals surface area contributed by atoms with Crippen molar-refractivity contribution < 1.29 is 28.9 Å². The highest BCUT2D eigenvalue weighted by Crippen LogP contribution is 2.41. The molecule has 1 fully saturated rings. The monoisotopic (exact) mass is 552 g/mol. The lowest BCUT2D eigenvalue weighted by Gasteiger charge is -2.49. The number of carboxylic acids is 1. The molecular formula is C21H26N7O5S3+. The Balaban J connectivity index is 1.53. The minimum Gasteiger partial charge on any atom is -0.477 e. The summed E-state index contributed by atoms with van der Waals surface area (Å²) >= 11 is 4.17. The van der Waals surface area contributed by atoms with Crippen LogP contribution in [0.1, 0.15) is 16.3 Å². The summed E-state index contributed by atoms with van der Waals surface area (Å²) in [5.41, 5.74) is 7.49. The molecule has 0 saturated carbocycles. The number of nitrogens with two attached hydrogens (primary N) is 1. The molecule has 2 atom stereocenters. The largest absolute Gasteiger partial charge is 0.477 e. The van der Waals surface area contributed by atoms with Crippen molar-refractivity contribution in [3.8, 4) is 0 Å². The second-order valence-corrected chi connectivity index (χ2v) is 11.4. The van der Waals surface area contributed by atoms with Gasteiger partial charge in [-0.05, 0) is 13.8 Å². The Morgan fingerprint density at radius 1 is 1.44 bits per heavy atom. The van der Waals surface area contributed by atoms with Crippen LogP contribution in [0.2, 0.25) is 0 Å². The number of nitrogen functional groups attached to an aromatic ring is 1.